The minimum atomic E-state index is -3.00. The summed E-state index contributed by atoms with van der Waals surface area (Å²) in [6, 6.07) is 5.95. The first-order chi connectivity index (χ1) is 9.08. The summed E-state index contributed by atoms with van der Waals surface area (Å²) in [7, 11) is -3.00. The molecule has 0 saturated carbocycles. The van der Waals surface area contributed by atoms with Crippen molar-refractivity contribution in [3.05, 3.63) is 29.3 Å². The van der Waals surface area contributed by atoms with Gasteiger partial charge in [0.15, 0.2) is 9.84 Å². The van der Waals surface area contributed by atoms with E-state index in [1.54, 1.807) is 0 Å². The van der Waals surface area contributed by atoms with Crippen LogP contribution in [0.1, 0.15) is 31.9 Å². The predicted molar refractivity (Wildman–Crippen MR) is 83.0 cm³/mol. The Hall–Kier alpha value is -1.07. The molecule has 20 heavy (non-hydrogen) atoms. The Labute approximate surface area is 122 Å². The van der Waals surface area contributed by atoms with E-state index in [2.05, 4.69) is 26.1 Å². The number of para-hydroxylation sites is 1. The third-order valence-electron chi connectivity index (χ3n) is 2.80. The number of nitrogens with one attached hydrogen (secondary N) is 1. The Bertz CT molecular complexity index is 545. The van der Waals surface area contributed by atoms with Gasteiger partial charge in [0.25, 0.3) is 0 Å². The predicted octanol–water partition coefficient (Wildman–Crippen LogP) is 2.31. The van der Waals surface area contributed by atoms with Gasteiger partial charge >= 0.3 is 0 Å². The molecule has 5 heteroatoms. The molecule has 0 radical (unpaired) electrons. The van der Waals surface area contributed by atoms with E-state index in [9.17, 15) is 8.42 Å². The van der Waals surface area contributed by atoms with Crippen LogP contribution in [-0.4, -0.2) is 32.6 Å². The van der Waals surface area contributed by atoms with Gasteiger partial charge in [-0.2, -0.15) is 0 Å². The number of sulfone groups is 1. The molecule has 0 amide bonds. The zero-order chi connectivity index (χ0) is 15.4. The van der Waals surface area contributed by atoms with E-state index in [0.29, 0.717) is 6.54 Å². The second kappa shape index (κ2) is 6.59. The standard InChI is InChI=1S/C15H25NO3S/c1-12-7-6-8-13(11-16-15(2,3)4)14(12)19-9-10-20(5,17)18/h6-8,16H,9-11H2,1-5H3. The zero-order valence-corrected chi connectivity index (χ0v) is 13.8. The molecule has 0 fully saturated rings. The highest BCUT2D eigenvalue weighted by molar-refractivity contribution is 7.90. The van der Waals surface area contributed by atoms with Crippen LogP contribution < -0.4 is 10.1 Å². The highest BCUT2D eigenvalue weighted by atomic mass is 32.2. The van der Waals surface area contributed by atoms with Crippen LogP contribution in [0.4, 0.5) is 0 Å². The molecule has 0 atom stereocenters. The van der Waals surface area contributed by atoms with Crippen LogP contribution in [0, 0.1) is 6.92 Å². The van der Waals surface area contributed by atoms with Crippen molar-refractivity contribution < 1.29 is 13.2 Å². The van der Waals surface area contributed by atoms with E-state index in [1.807, 2.05) is 25.1 Å². The molecule has 1 aromatic carbocycles. The molecular weight excluding hydrogens is 274 g/mol. The van der Waals surface area contributed by atoms with Crippen LogP contribution in [0.5, 0.6) is 5.75 Å². The van der Waals surface area contributed by atoms with Gasteiger partial charge < -0.3 is 10.1 Å². The maximum absolute atomic E-state index is 11.2. The van der Waals surface area contributed by atoms with E-state index in [-0.39, 0.29) is 17.9 Å². The lowest BCUT2D eigenvalue weighted by atomic mass is 10.1. The lowest BCUT2D eigenvalue weighted by Crippen LogP contribution is -2.35. The Morgan fingerprint density at radius 3 is 2.45 bits per heavy atom. The first kappa shape index (κ1) is 17.0. The zero-order valence-electron chi connectivity index (χ0n) is 13.0. The average molecular weight is 299 g/mol. The minimum absolute atomic E-state index is 0.0216. The summed E-state index contributed by atoms with van der Waals surface area (Å²) in [5.41, 5.74) is 2.09. The van der Waals surface area contributed by atoms with E-state index < -0.39 is 9.84 Å². The van der Waals surface area contributed by atoms with Crippen molar-refractivity contribution in [2.45, 2.75) is 39.8 Å². The third-order valence-corrected chi connectivity index (χ3v) is 3.71. The molecule has 0 aliphatic rings. The fourth-order valence-corrected chi connectivity index (χ4v) is 2.10. The molecular formula is C15H25NO3S. The van der Waals surface area contributed by atoms with Crippen LogP contribution in [0.25, 0.3) is 0 Å². The van der Waals surface area contributed by atoms with Crippen LogP contribution in [-0.2, 0) is 16.4 Å². The Kier molecular flexibility index (Phi) is 5.59. The van der Waals surface area contributed by atoms with Gasteiger partial charge in [0, 0.05) is 23.9 Å². The maximum atomic E-state index is 11.2. The van der Waals surface area contributed by atoms with E-state index in [1.165, 1.54) is 6.26 Å². The summed E-state index contributed by atoms with van der Waals surface area (Å²) in [6.07, 6.45) is 1.22. The Balaban J connectivity index is 2.78. The van der Waals surface area contributed by atoms with Gasteiger partial charge in [-0.1, -0.05) is 18.2 Å². The van der Waals surface area contributed by atoms with Crippen molar-refractivity contribution in [1.82, 2.24) is 5.32 Å². The van der Waals surface area contributed by atoms with Crippen molar-refractivity contribution in [2.24, 2.45) is 0 Å². The molecule has 0 spiro atoms. The number of aryl methyl sites for hydroxylation is 1. The summed E-state index contributed by atoms with van der Waals surface area (Å²) in [5, 5.41) is 3.41. The summed E-state index contributed by atoms with van der Waals surface area (Å²) >= 11 is 0. The highest BCUT2D eigenvalue weighted by Gasteiger charge is 2.13. The normalized spacial score (nSPS) is 12.4. The van der Waals surface area contributed by atoms with E-state index >= 15 is 0 Å². The molecule has 0 aliphatic carbocycles. The molecule has 0 saturated heterocycles. The van der Waals surface area contributed by atoms with Crippen LogP contribution in [0.2, 0.25) is 0 Å². The molecule has 0 aliphatic heterocycles. The molecule has 0 heterocycles. The monoisotopic (exact) mass is 299 g/mol. The first-order valence-electron chi connectivity index (χ1n) is 6.72. The van der Waals surface area contributed by atoms with E-state index in [4.69, 9.17) is 4.74 Å². The molecule has 1 N–H and O–H groups in total. The van der Waals surface area contributed by atoms with Gasteiger partial charge in [-0.15, -0.1) is 0 Å². The van der Waals surface area contributed by atoms with Crippen molar-refractivity contribution in [3.8, 4) is 5.75 Å². The lowest BCUT2D eigenvalue weighted by Gasteiger charge is -2.22. The molecule has 4 nitrogen and oxygen atoms in total. The topological polar surface area (TPSA) is 55.4 Å². The van der Waals surface area contributed by atoms with Gasteiger partial charge in [0.2, 0.25) is 0 Å². The molecule has 1 rings (SSSR count). The maximum Gasteiger partial charge on any atom is 0.150 e. The van der Waals surface area contributed by atoms with Crippen LogP contribution in [0.15, 0.2) is 18.2 Å². The lowest BCUT2D eigenvalue weighted by molar-refractivity contribution is 0.330. The molecule has 114 valence electrons. The van der Waals surface area contributed by atoms with Gasteiger partial charge in [-0.25, -0.2) is 8.42 Å². The average Bonchev–Trinajstić information content (AvgIpc) is 2.26. The van der Waals surface area contributed by atoms with Crippen LogP contribution in [0.3, 0.4) is 0 Å². The van der Waals surface area contributed by atoms with Crippen LogP contribution >= 0.6 is 0 Å². The number of ether oxygens (including phenoxy) is 1. The minimum Gasteiger partial charge on any atom is -0.492 e. The van der Waals surface area contributed by atoms with Crippen molar-refractivity contribution in [2.75, 3.05) is 18.6 Å². The van der Waals surface area contributed by atoms with Gasteiger partial charge in [-0.3, -0.25) is 0 Å². The largest absolute Gasteiger partial charge is 0.492 e. The molecule has 0 aromatic heterocycles. The van der Waals surface area contributed by atoms with Gasteiger partial charge in [0.05, 0.1) is 5.75 Å². The third kappa shape index (κ3) is 6.39. The second-order valence-corrected chi connectivity index (χ2v) is 8.40. The van der Waals surface area contributed by atoms with Crippen molar-refractivity contribution in [1.29, 1.82) is 0 Å². The quantitative estimate of drug-likeness (QED) is 0.876. The first-order valence-corrected chi connectivity index (χ1v) is 8.78. The summed E-state index contributed by atoms with van der Waals surface area (Å²) < 4.78 is 28.0. The summed E-state index contributed by atoms with van der Waals surface area (Å²) in [6.45, 7) is 9.16. The summed E-state index contributed by atoms with van der Waals surface area (Å²) in [5.74, 6) is 0.820. The molecule has 1 aromatic rings. The number of hydrogen-bond acceptors (Lipinski definition) is 4. The number of rotatable bonds is 6. The fraction of sp³-hybridized carbons (Fsp3) is 0.600. The molecule has 0 bridgehead atoms. The number of benzene rings is 1. The number of hydrogen-bond donors (Lipinski definition) is 1. The van der Waals surface area contributed by atoms with Crippen molar-refractivity contribution >= 4 is 9.84 Å². The highest BCUT2D eigenvalue weighted by Crippen LogP contribution is 2.24. The Morgan fingerprint density at radius 2 is 1.90 bits per heavy atom. The smallest absolute Gasteiger partial charge is 0.150 e. The molecule has 0 unspecified atom stereocenters. The Morgan fingerprint density at radius 1 is 1.25 bits per heavy atom. The van der Waals surface area contributed by atoms with Crippen molar-refractivity contribution in [3.63, 3.8) is 0 Å². The van der Waals surface area contributed by atoms with Gasteiger partial charge in [0.1, 0.15) is 12.4 Å². The summed E-state index contributed by atoms with van der Waals surface area (Å²) in [4.78, 5) is 0. The van der Waals surface area contributed by atoms with Gasteiger partial charge in [-0.05, 0) is 33.3 Å². The SMILES string of the molecule is Cc1cccc(CNC(C)(C)C)c1OCCS(C)(=O)=O. The fourth-order valence-electron chi connectivity index (χ4n) is 1.71. The van der Waals surface area contributed by atoms with E-state index in [0.717, 1.165) is 16.9 Å². The second-order valence-electron chi connectivity index (χ2n) is 6.15.